The van der Waals surface area contributed by atoms with E-state index in [1.807, 2.05) is 0 Å². The summed E-state index contributed by atoms with van der Waals surface area (Å²) >= 11 is 0. The molecule has 1 unspecified atom stereocenters. The van der Waals surface area contributed by atoms with Crippen LogP contribution < -0.4 is 10.6 Å². The number of alkyl carbamates (subject to hydrolysis) is 1. The Morgan fingerprint density at radius 1 is 1.21 bits per heavy atom. The summed E-state index contributed by atoms with van der Waals surface area (Å²) in [6.45, 7) is 7.28. The van der Waals surface area contributed by atoms with Crippen LogP contribution in [-0.2, 0) is 9.53 Å². The van der Waals surface area contributed by atoms with E-state index in [9.17, 15) is 18.4 Å². The second-order valence-corrected chi connectivity index (χ2v) is 6.49. The number of carbonyl (C=O) groups is 2. The average Bonchev–Trinajstić information content (AvgIpc) is 2.44. The van der Waals surface area contributed by atoms with Crippen LogP contribution in [0.15, 0.2) is 18.2 Å². The van der Waals surface area contributed by atoms with Gasteiger partial charge in [0.1, 0.15) is 5.60 Å². The highest BCUT2D eigenvalue weighted by Gasteiger charge is 2.16. The second-order valence-electron chi connectivity index (χ2n) is 6.49. The summed E-state index contributed by atoms with van der Waals surface area (Å²) < 4.78 is 31.1. The smallest absolute Gasteiger partial charge is 0.407 e. The molecule has 0 fully saturated rings. The van der Waals surface area contributed by atoms with E-state index in [0.717, 1.165) is 12.1 Å². The number of hydrogen-bond acceptors (Lipinski definition) is 3. The maximum absolute atomic E-state index is 13.2. The van der Waals surface area contributed by atoms with E-state index in [4.69, 9.17) is 4.74 Å². The van der Waals surface area contributed by atoms with Crippen LogP contribution in [0.3, 0.4) is 0 Å². The number of ether oxygens (including phenoxy) is 1. The van der Waals surface area contributed by atoms with Crippen LogP contribution >= 0.6 is 0 Å². The molecule has 2 amide bonds. The molecule has 1 aromatic carbocycles. The summed E-state index contributed by atoms with van der Waals surface area (Å²) in [5.74, 6) is -2.11. The van der Waals surface area contributed by atoms with Crippen molar-refractivity contribution in [3.8, 4) is 0 Å². The highest BCUT2D eigenvalue weighted by Crippen LogP contribution is 2.16. The van der Waals surface area contributed by atoms with Crippen LogP contribution in [0.1, 0.15) is 52.1 Å². The monoisotopic (exact) mass is 342 g/mol. The molecule has 0 bridgehead atoms. The van der Waals surface area contributed by atoms with E-state index < -0.39 is 29.4 Å². The van der Waals surface area contributed by atoms with Crippen molar-refractivity contribution < 1.29 is 23.1 Å². The molecule has 24 heavy (non-hydrogen) atoms. The maximum Gasteiger partial charge on any atom is 0.407 e. The van der Waals surface area contributed by atoms with E-state index >= 15 is 0 Å². The molecule has 0 aliphatic heterocycles. The van der Waals surface area contributed by atoms with Crippen LogP contribution in [0.5, 0.6) is 0 Å². The van der Waals surface area contributed by atoms with Gasteiger partial charge in [-0.15, -0.1) is 0 Å². The highest BCUT2D eigenvalue weighted by atomic mass is 19.2. The fourth-order valence-electron chi connectivity index (χ4n) is 1.93. The SMILES string of the molecule is CC(NC(=O)CCCNC(=O)OC(C)(C)C)c1ccc(F)c(F)c1. The van der Waals surface area contributed by atoms with Crippen LogP contribution in [0.4, 0.5) is 13.6 Å². The van der Waals surface area contributed by atoms with E-state index in [1.54, 1.807) is 27.7 Å². The van der Waals surface area contributed by atoms with Crippen LogP contribution in [0.25, 0.3) is 0 Å². The number of hydrogen-bond donors (Lipinski definition) is 2. The van der Waals surface area contributed by atoms with Gasteiger partial charge in [-0.1, -0.05) is 6.07 Å². The molecule has 0 aliphatic carbocycles. The first kappa shape index (κ1) is 19.9. The van der Waals surface area contributed by atoms with Gasteiger partial charge in [0.2, 0.25) is 5.91 Å². The lowest BCUT2D eigenvalue weighted by Gasteiger charge is -2.19. The Hall–Kier alpha value is -2.18. The second kappa shape index (κ2) is 8.61. The molecule has 5 nitrogen and oxygen atoms in total. The van der Waals surface area contributed by atoms with Gasteiger partial charge in [0.15, 0.2) is 11.6 Å². The van der Waals surface area contributed by atoms with Gasteiger partial charge in [-0.05, 0) is 51.8 Å². The number of benzene rings is 1. The molecule has 0 radical (unpaired) electrons. The zero-order chi connectivity index (χ0) is 18.3. The molecule has 1 rings (SSSR count). The summed E-state index contributed by atoms with van der Waals surface area (Å²) in [7, 11) is 0. The van der Waals surface area contributed by atoms with E-state index in [2.05, 4.69) is 10.6 Å². The van der Waals surface area contributed by atoms with Crippen LogP contribution in [-0.4, -0.2) is 24.1 Å². The Labute approximate surface area is 140 Å². The summed E-state index contributed by atoms with van der Waals surface area (Å²) in [6, 6.07) is 3.07. The van der Waals surface area contributed by atoms with Crippen molar-refractivity contribution in [3.63, 3.8) is 0 Å². The standard InChI is InChI=1S/C17H24F2N2O3/c1-11(12-7-8-13(18)14(19)10-12)21-15(22)6-5-9-20-16(23)24-17(2,3)4/h7-8,10-11H,5-6,9H2,1-4H3,(H,20,23)(H,21,22). The topological polar surface area (TPSA) is 67.4 Å². The zero-order valence-corrected chi connectivity index (χ0v) is 14.4. The Kier molecular flexibility index (Phi) is 7.13. The van der Waals surface area contributed by atoms with Gasteiger partial charge in [0, 0.05) is 13.0 Å². The number of carbonyl (C=O) groups excluding carboxylic acids is 2. The summed E-state index contributed by atoms with van der Waals surface area (Å²) in [5, 5.41) is 5.26. The Bertz CT molecular complexity index is 586. The van der Waals surface area contributed by atoms with Gasteiger partial charge in [0.25, 0.3) is 0 Å². The predicted molar refractivity (Wildman–Crippen MR) is 86.4 cm³/mol. The third-order valence-corrected chi connectivity index (χ3v) is 3.07. The number of nitrogens with one attached hydrogen (secondary N) is 2. The molecule has 0 saturated carbocycles. The van der Waals surface area contributed by atoms with E-state index in [1.165, 1.54) is 6.07 Å². The molecule has 0 aromatic heterocycles. The summed E-state index contributed by atoms with van der Waals surface area (Å²) in [6.07, 6.45) is 0.109. The van der Waals surface area contributed by atoms with Crippen molar-refractivity contribution in [1.29, 1.82) is 0 Å². The van der Waals surface area contributed by atoms with E-state index in [0.29, 0.717) is 18.5 Å². The largest absolute Gasteiger partial charge is 0.444 e. The molecule has 2 N–H and O–H groups in total. The van der Waals surface area contributed by atoms with Crippen molar-refractivity contribution in [2.24, 2.45) is 0 Å². The van der Waals surface area contributed by atoms with Crippen LogP contribution in [0.2, 0.25) is 0 Å². The number of amides is 2. The zero-order valence-electron chi connectivity index (χ0n) is 14.4. The minimum atomic E-state index is -0.949. The molecule has 0 spiro atoms. The lowest BCUT2D eigenvalue weighted by Crippen LogP contribution is -2.33. The summed E-state index contributed by atoms with van der Waals surface area (Å²) in [4.78, 5) is 23.3. The first-order valence-corrected chi connectivity index (χ1v) is 7.79. The van der Waals surface area contributed by atoms with Crippen molar-refractivity contribution >= 4 is 12.0 Å². The minimum absolute atomic E-state index is 0.198. The molecular formula is C17H24F2N2O3. The quantitative estimate of drug-likeness (QED) is 0.778. The fraction of sp³-hybridized carbons (Fsp3) is 0.529. The van der Waals surface area contributed by atoms with Gasteiger partial charge in [-0.25, -0.2) is 13.6 Å². The lowest BCUT2D eigenvalue weighted by atomic mass is 10.1. The summed E-state index contributed by atoms with van der Waals surface area (Å²) in [5.41, 5.74) is -0.0875. The van der Waals surface area contributed by atoms with Crippen molar-refractivity contribution in [2.75, 3.05) is 6.54 Å². The highest BCUT2D eigenvalue weighted by molar-refractivity contribution is 5.76. The third-order valence-electron chi connectivity index (χ3n) is 3.07. The molecule has 134 valence electrons. The molecular weight excluding hydrogens is 318 g/mol. The van der Waals surface area contributed by atoms with E-state index in [-0.39, 0.29) is 12.3 Å². The third kappa shape index (κ3) is 7.39. The molecule has 7 heteroatoms. The van der Waals surface area contributed by atoms with Crippen molar-refractivity contribution in [2.45, 2.75) is 52.2 Å². The Morgan fingerprint density at radius 2 is 1.88 bits per heavy atom. The predicted octanol–water partition coefficient (Wildman–Crippen LogP) is 3.45. The van der Waals surface area contributed by atoms with Gasteiger partial charge in [-0.2, -0.15) is 0 Å². The average molecular weight is 342 g/mol. The Morgan fingerprint density at radius 3 is 2.46 bits per heavy atom. The van der Waals surface area contributed by atoms with Crippen LogP contribution in [0, 0.1) is 11.6 Å². The van der Waals surface area contributed by atoms with Gasteiger partial charge in [0.05, 0.1) is 6.04 Å². The molecule has 0 aliphatic rings. The van der Waals surface area contributed by atoms with Gasteiger partial charge >= 0.3 is 6.09 Å². The number of rotatable bonds is 6. The van der Waals surface area contributed by atoms with Gasteiger partial charge in [-0.3, -0.25) is 4.79 Å². The molecule has 1 aromatic rings. The first-order valence-electron chi connectivity index (χ1n) is 7.79. The fourth-order valence-corrected chi connectivity index (χ4v) is 1.93. The number of halogens is 2. The molecule has 1 atom stereocenters. The lowest BCUT2D eigenvalue weighted by molar-refractivity contribution is -0.121. The minimum Gasteiger partial charge on any atom is -0.444 e. The first-order chi connectivity index (χ1) is 11.1. The van der Waals surface area contributed by atoms with Crippen molar-refractivity contribution in [1.82, 2.24) is 10.6 Å². The van der Waals surface area contributed by atoms with Gasteiger partial charge < -0.3 is 15.4 Å². The molecule has 0 heterocycles. The normalized spacial score (nSPS) is 12.4. The molecule has 0 saturated heterocycles. The maximum atomic E-state index is 13.2. The van der Waals surface area contributed by atoms with Crippen molar-refractivity contribution in [3.05, 3.63) is 35.4 Å². The Balaban J connectivity index is 2.31.